The Morgan fingerprint density at radius 2 is 1.07 bits per heavy atom. The van der Waals surface area contributed by atoms with Crippen molar-refractivity contribution in [3.63, 3.8) is 0 Å². The van der Waals surface area contributed by atoms with Gasteiger partial charge in [-0.3, -0.25) is 0 Å². The van der Waals surface area contributed by atoms with E-state index in [1.54, 1.807) is 0 Å². The van der Waals surface area contributed by atoms with Crippen molar-refractivity contribution in [1.82, 2.24) is 0 Å². The van der Waals surface area contributed by atoms with Gasteiger partial charge >= 0.3 is 0 Å². The van der Waals surface area contributed by atoms with Gasteiger partial charge in [0.25, 0.3) is 0 Å². The fourth-order valence-electron chi connectivity index (χ4n) is 2.96. The zero-order valence-corrected chi connectivity index (χ0v) is 23.8. The maximum absolute atomic E-state index is 6.67. The van der Waals surface area contributed by atoms with Crippen LogP contribution in [0.3, 0.4) is 0 Å². The number of hydrogen-bond acceptors (Lipinski definition) is 5. The first-order valence-corrected chi connectivity index (χ1v) is 23.8. The van der Waals surface area contributed by atoms with Crippen molar-refractivity contribution >= 4 is 33.3 Å². The monoisotopic (exact) mass is 452 g/mol. The molecule has 1 aliphatic heterocycles. The summed E-state index contributed by atoms with van der Waals surface area (Å²) in [7, 11) is -6.95. The summed E-state index contributed by atoms with van der Waals surface area (Å²) in [6.07, 6.45) is -0.423. The molecular formula is C18H44O5Si4. The SMILES string of the molecule is C[Si](C)(C)OC[C@H]1OC[C@@H](O[Si](C)(C)C)[C@@H](O[Si](C)(C)C)[C@@H]1O[Si](C)(C)C. The van der Waals surface area contributed by atoms with E-state index in [9.17, 15) is 0 Å². The van der Waals surface area contributed by atoms with E-state index in [1.807, 2.05) is 0 Å². The van der Waals surface area contributed by atoms with E-state index in [1.165, 1.54) is 0 Å². The van der Waals surface area contributed by atoms with Gasteiger partial charge in [-0.1, -0.05) is 0 Å². The van der Waals surface area contributed by atoms with Gasteiger partial charge < -0.3 is 22.4 Å². The standard InChI is InChI=1S/C18H44O5Si4/c1-24(2,3)20-14-15-17(22-26(7,8)9)18(23-27(10,11)12)16(13-19-15)21-25(4,5)6/h15-18H,13-14H2,1-12H3/t15-,16-,17-,18-/m1/s1. The van der Waals surface area contributed by atoms with Crippen molar-refractivity contribution < 1.29 is 22.4 Å². The lowest BCUT2D eigenvalue weighted by molar-refractivity contribution is -0.178. The highest BCUT2D eigenvalue weighted by Crippen LogP contribution is 2.30. The topological polar surface area (TPSA) is 46.2 Å². The van der Waals surface area contributed by atoms with Crippen LogP contribution in [-0.4, -0.2) is 70.9 Å². The first-order chi connectivity index (χ1) is 11.9. The number of rotatable bonds is 9. The van der Waals surface area contributed by atoms with E-state index in [4.69, 9.17) is 22.4 Å². The summed E-state index contributed by atoms with van der Waals surface area (Å²) in [6.45, 7) is 27.7. The van der Waals surface area contributed by atoms with Gasteiger partial charge in [-0.05, 0) is 78.6 Å². The van der Waals surface area contributed by atoms with Crippen LogP contribution in [0.15, 0.2) is 0 Å². The van der Waals surface area contributed by atoms with Gasteiger partial charge in [0, 0.05) is 0 Å². The highest BCUT2D eigenvalue weighted by molar-refractivity contribution is 6.71. The zero-order chi connectivity index (χ0) is 21.3. The molecule has 0 radical (unpaired) electrons. The highest BCUT2D eigenvalue weighted by atomic mass is 28.4. The molecule has 0 bridgehead atoms. The average molecular weight is 453 g/mol. The fourth-order valence-corrected chi connectivity index (χ4v) is 6.94. The third kappa shape index (κ3) is 10.9. The van der Waals surface area contributed by atoms with Gasteiger partial charge in [-0.25, -0.2) is 0 Å². The van der Waals surface area contributed by atoms with Gasteiger partial charge in [0.05, 0.1) is 25.4 Å². The lowest BCUT2D eigenvalue weighted by Crippen LogP contribution is -2.63. The van der Waals surface area contributed by atoms with Crippen LogP contribution in [0.1, 0.15) is 0 Å². The van der Waals surface area contributed by atoms with Crippen molar-refractivity contribution in [3.05, 3.63) is 0 Å². The van der Waals surface area contributed by atoms with Crippen LogP contribution in [0.25, 0.3) is 0 Å². The number of ether oxygens (including phenoxy) is 1. The smallest absolute Gasteiger partial charge is 0.184 e. The van der Waals surface area contributed by atoms with Crippen LogP contribution in [0, 0.1) is 0 Å². The van der Waals surface area contributed by atoms with Gasteiger partial charge in [0.2, 0.25) is 0 Å². The molecule has 0 aromatic rings. The lowest BCUT2D eigenvalue weighted by atomic mass is 10.0. The second-order valence-electron chi connectivity index (χ2n) is 11.5. The molecule has 1 fully saturated rings. The van der Waals surface area contributed by atoms with Gasteiger partial charge in [0.15, 0.2) is 33.3 Å². The molecule has 0 aromatic heterocycles. The Kier molecular flexibility index (Phi) is 8.77. The molecule has 1 rings (SSSR count). The molecule has 1 aliphatic rings. The van der Waals surface area contributed by atoms with Crippen molar-refractivity contribution in [2.24, 2.45) is 0 Å². The van der Waals surface area contributed by atoms with Crippen LogP contribution in [-0.2, 0) is 22.4 Å². The molecule has 0 saturated carbocycles. The normalized spacial score (nSPS) is 28.4. The molecule has 0 spiro atoms. The van der Waals surface area contributed by atoms with E-state index < -0.39 is 33.3 Å². The van der Waals surface area contributed by atoms with Crippen molar-refractivity contribution in [2.75, 3.05) is 13.2 Å². The first-order valence-electron chi connectivity index (χ1n) is 10.2. The Morgan fingerprint density at radius 1 is 0.630 bits per heavy atom. The van der Waals surface area contributed by atoms with Crippen molar-refractivity contribution in [3.8, 4) is 0 Å². The Balaban J connectivity index is 3.14. The summed E-state index contributed by atoms with van der Waals surface area (Å²) in [5, 5.41) is 0. The molecule has 162 valence electrons. The molecule has 0 unspecified atom stereocenters. The predicted molar refractivity (Wildman–Crippen MR) is 124 cm³/mol. The Hall–Kier alpha value is 0.668. The van der Waals surface area contributed by atoms with E-state index in [-0.39, 0.29) is 24.4 Å². The van der Waals surface area contributed by atoms with E-state index in [0.29, 0.717) is 13.2 Å². The summed E-state index contributed by atoms with van der Waals surface area (Å²) >= 11 is 0. The summed E-state index contributed by atoms with van der Waals surface area (Å²) in [4.78, 5) is 0. The minimum absolute atomic E-state index is 0.0760. The second-order valence-corrected chi connectivity index (χ2v) is 29.3. The first kappa shape index (κ1) is 25.7. The largest absolute Gasteiger partial charge is 0.415 e. The third-order valence-corrected chi connectivity index (χ3v) is 7.70. The van der Waals surface area contributed by atoms with Crippen molar-refractivity contribution in [1.29, 1.82) is 0 Å². The Labute approximate surface area is 172 Å². The van der Waals surface area contributed by atoms with Crippen LogP contribution in [0.2, 0.25) is 78.6 Å². The predicted octanol–water partition coefficient (Wildman–Crippen LogP) is 4.90. The summed E-state index contributed by atoms with van der Waals surface area (Å²) < 4.78 is 32.3. The minimum atomic E-state index is -1.80. The van der Waals surface area contributed by atoms with Gasteiger partial charge in [-0.2, -0.15) is 0 Å². The Bertz CT molecular complexity index is 462. The molecular weight excluding hydrogens is 409 g/mol. The van der Waals surface area contributed by atoms with Gasteiger partial charge in [0.1, 0.15) is 12.2 Å². The molecule has 0 amide bonds. The molecule has 27 heavy (non-hydrogen) atoms. The summed E-state index contributed by atoms with van der Waals surface area (Å²) in [6, 6.07) is 0. The summed E-state index contributed by atoms with van der Waals surface area (Å²) in [5.41, 5.74) is 0. The molecule has 0 aliphatic carbocycles. The molecule has 5 nitrogen and oxygen atoms in total. The maximum Gasteiger partial charge on any atom is 0.184 e. The van der Waals surface area contributed by atoms with E-state index in [0.717, 1.165) is 0 Å². The molecule has 1 saturated heterocycles. The Morgan fingerprint density at radius 3 is 1.48 bits per heavy atom. The zero-order valence-electron chi connectivity index (χ0n) is 19.8. The minimum Gasteiger partial charge on any atom is -0.415 e. The van der Waals surface area contributed by atoms with Gasteiger partial charge in [-0.15, -0.1) is 0 Å². The van der Waals surface area contributed by atoms with Crippen LogP contribution >= 0.6 is 0 Å². The van der Waals surface area contributed by atoms with E-state index >= 15 is 0 Å². The molecule has 0 aromatic carbocycles. The highest BCUT2D eigenvalue weighted by Gasteiger charge is 2.47. The van der Waals surface area contributed by atoms with Crippen LogP contribution in [0.5, 0.6) is 0 Å². The molecule has 4 atom stereocenters. The number of hydrogen-bond donors (Lipinski definition) is 0. The van der Waals surface area contributed by atoms with Crippen LogP contribution < -0.4 is 0 Å². The van der Waals surface area contributed by atoms with Crippen LogP contribution in [0.4, 0.5) is 0 Å². The summed E-state index contributed by atoms with van der Waals surface area (Å²) in [5.74, 6) is 0. The lowest BCUT2D eigenvalue weighted by Gasteiger charge is -2.48. The maximum atomic E-state index is 6.67. The second kappa shape index (κ2) is 9.21. The fraction of sp³-hybridized carbons (Fsp3) is 1.00. The molecule has 9 heteroatoms. The van der Waals surface area contributed by atoms with Crippen molar-refractivity contribution in [2.45, 2.75) is 103 Å². The molecule has 0 N–H and O–H groups in total. The third-order valence-electron chi connectivity index (χ3n) is 3.70. The van der Waals surface area contributed by atoms with E-state index in [2.05, 4.69) is 78.6 Å². The average Bonchev–Trinajstić information content (AvgIpc) is 2.36. The quantitative estimate of drug-likeness (QED) is 0.466. The molecule has 1 heterocycles.